The van der Waals surface area contributed by atoms with E-state index in [1.807, 2.05) is 6.92 Å². The van der Waals surface area contributed by atoms with Crippen LogP contribution in [0.2, 0.25) is 0 Å². The van der Waals surface area contributed by atoms with Crippen molar-refractivity contribution in [2.75, 3.05) is 24.3 Å². The topological polar surface area (TPSA) is 80.3 Å². The summed E-state index contributed by atoms with van der Waals surface area (Å²) in [6, 6.07) is 0. The van der Waals surface area contributed by atoms with Crippen LogP contribution in [0.4, 0.5) is 0 Å². The van der Waals surface area contributed by atoms with E-state index in [2.05, 4.69) is 4.72 Å². The molecular formula is C9H21NO4S2. The van der Waals surface area contributed by atoms with E-state index in [0.717, 1.165) is 6.42 Å². The van der Waals surface area contributed by atoms with E-state index in [9.17, 15) is 16.8 Å². The molecule has 0 aromatic rings. The average Bonchev–Trinajstić information content (AvgIpc) is 2.12. The molecule has 0 saturated carbocycles. The molecule has 0 atom stereocenters. The first-order valence-corrected chi connectivity index (χ1v) is 9.13. The predicted octanol–water partition coefficient (Wildman–Crippen LogP) is 0.531. The maximum atomic E-state index is 11.3. The lowest BCUT2D eigenvalue weighted by molar-refractivity contribution is 0.575. The molecule has 0 aliphatic carbocycles. The highest BCUT2D eigenvalue weighted by molar-refractivity contribution is 7.90. The average molecular weight is 271 g/mol. The summed E-state index contributed by atoms with van der Waals surface area (Å²) in [5, 5.41) is 0. The molecule has 98 valence electrons. The Morgan fingerprint density at radius 2 is 1.50 bits per heavy atom. The molecule has 0 unspecified atom stereocenters. The first-order chi connectivity index (χ1) is 7.27. The maximum absolute atomic E-state index is 11.3. The van der Waals surface area contributed by atoms with Crippen LogP contribution >= 0.6 is 0 Å². The summed E-state index contributed by atoms with van der Waals surface area (Å²) < 4.78 is 46.7. The molecule has 5 nitrogen and oxygen atoms in total. The van der Waals surface area contributed by atoms with Gasteiger partial charge in [-0.05, 0) is 19.3 Å². The van der Waals surface area contributed by atoms with Gasteiger partial charge in [-0.3, -0.25) is 0 Å². The van der Waals surface area contributed by atoms with Gasteiger partial charge in [0.1, 0.15) is 9.84 Å². The number of sulfonamides is 1. The van der Waals surface area contributed by atoms with E-state index in [1.54, 1.807) is 0 Å². The van der Waals surface area contributed by atoms with E-state index in [1.165, 1.54) is 6.26 Å². The Balaban J connectivity index is 3.66. The van der Waals surface area contributed by atoms with Gasteiger partial charge in [-0.1, -0.05) is 13.3 Å². The molecule has 0 rings (SSSR count). The third-order valence-electron chi connectivity index (χ3n) is 2.00. The van der Waals surface area contributed by atoms with Crippen LogP contribution in [-0.4, -0.2) is 41.1 Å². The van der Waals surface area contributed by atoms with Crippen molar-refractivity contribution < 1.29 is 16.8 Å². The highest BCUT2D eigenvalue weighted by Crippen LogP contribution is 2.01. The maximum Gasteiger partial charge on any atom is 0.211 e. The Morgan fingerprint density at radius 1 is 0.938 bits per heavy atom. The lowest BCUT2D eigenvalue weighted by atomic mass is 10.3. The number of unbranched alkanes of at least 4 members (excludes halogenated alkanes) is 2. The molecular weight excluding hydrogens is 250 g/mol. The van der Waals surface area contributed by atoms with Crippen molar-refractivity contribution in [3.05, 3.63) is 0 Å². The third-order valence-corrected chi connectivity index (χ3v) is 4.50. The normalized spacial score (nSPS) is 12.9. The third kappa shape index (κ3) is 10.4. The molecule has 7 heteroatoms. The first-order valence-electron chi connectivity index (χ1n) is 5.42. The van der Waals surface area contributed by atoms with Crippen molar-refractivity contribution in [2.45, 2.75) is 32.6 Å². The van der Waals surface area contributed by atoms with Gasteiger partial charge in [-0.2, -0.15) is 0 Å². The van der Waals surface area contributed by atoms with Gasteiger partial charge in [0.15, 0.2) is 0 Å². The van der Waals surface area contributed by atoms with Crippen LogP contribution in [0.5, 0.6) is 0 Å². The summed E-state index contributed by atoms with van der Waals surface area (Å²) in [5.41, 5.74) is 0. The Bertz CT molecular complexity index is 372. The lowest BCUT2D eigenvalue weighted by Crippen LogP contribution is -2.27. The first kappa shape index (κ1) is 15.9. The SMILES string of the molecule is CCCNS(=O)(=O)CCCCCS(C)(=O)=O. The highest BCUT2D eigenvalue weighted by Gasteiger charge is 2.08. The Hall–Kier alpha value is -0.140. The van der Waals surface area contributed by atoms with Crippen molar-refractivity contribution in [1.29, 1.82) is 0 Å². The van der Waals surface area contributed by atoms with Gasteiger partial charge in [0.05, 0.1) is 5.75 Å². The second-order valence-electron chi connectivity index (χ2n) is 3.90. The number of rotatable bonds is 9. The van der Waals surface area contributed by atoms with Crippen molar-refractivity contribution in [3.63, 3.8) is 0 Å². The molecule has 1 N–H and O–H groups in total. The second-order valence-corrected chi connectivity index (χ2v) is 8.09. The number of hydrogen-bond donors (Lipinski definition) is 1. The Morgan fingerprint density at radius 3 is 2.00 bits per heavy atom. The minimum atomic E-state index is -3.16. The van der Waals surface area contributed by atoms with Crippen molar-refractivity contribution in [2.24, 2.45) is 0 Å². The molecule has 0 heterocycles. The van der Waals surface area contributed by atoms with Gasteiger partial charge in [0.2, 0.25) is 10.0 Å². The molecule has 0 amide bonds. The predicted molar refractivity (Wildman–Crippen MR) is 65.6 cm³/mol. The lowest BCUT2D eigenvalue weighted by Gasteiger charge is -2.04. The second kappa shape index (κ2) is 7.24. The van der Waals surface area contributed by atoms with Crippen molar-refractivity contribution >= 4 is 19.9 Å². The van der Waals surface area contributed by atoms with Gasteiger partial charge in [-0.25, -0.2) is 21.6 Å². The van der Waals surface area contributed by atoms with E-state index < -0.39 is 19.9 Å². The molecule has 0 saturated heterocycles. The summed E-state index contributed by atoms with van der Waals surface area (Å²) in [6.45, 7) is 2.36. The van der Waals surface area contributed by atoms with Crippen LogP contribution in [0, 0.1) is 0 Å². The summed E-state index contributed by atoms with van der Waals surface area (Å²) in [4.78, 5) is 0. The number of nitrogens with one attached hydrogen (secondary N) is 1. The fraction of sp³-hybridized carbons (Fsp3) is 1.00. The van der Waals surface area contributed by atoms with Crippen LogP contribution in [-0.2, 0) is 19.9 Å². The standard InChI is InChI=1S/C9H21NO4S2/c1-3-7-10-16(13,14)9-6-4-5-8-15(2,11)12/h10H,3-9H2,1-2H3. The largest absolute Gasteiger partial charge is 0.229 e. The molecule has 0 aliphatic heterocycles. The van der Waals surface area contributed by atoms with Crippen molar-refractivity contribution in [3.8, 4) is 0 Å². The van der Waals surface area contributed by atoms with Crippen LogP contribution < -0.4 is 4.72 Å². The molecule has 0 aliphatic rings. The zero-order valence-electron chi connectivity index (χ0n) is 9.90. The number of hydrogen-bond acceptors (Lipinski definition) is 4. The van der Waals surface area contributed by atoms with Crippen molar-refractivity contribution in [1.82, 2.24) is 4.72 Å². The molecule has 0 fully saturated rings. The Kier molecular flexibility index (Phi) is 7.17. The van der Waals surface area contributed by atoms with Gasteiger partial charge in [-0.15, -0.1) is 0 Å². The fourth-order valence-corrected chi connectivity index (χ4v) is 3.13. The summed E-state index contributed by atoms with van der Waals surface area (Å²) >= 11 is 0. The smallest absolute Gasteiger partial charge is 0.211 e. The van der Waals surface area contributed by atoms with Crippen LogP contribution in [0.25, 0.3) is 0 Å². The minimum absolute atomic E-state index is 0.0801. The molecule has 0 spiro atoms. The monoisotopic (exact) mass is 271 g/mol. The summed E-state index contributed by atoms with van der Waals surface area (Å²) in [5.74, 6) is 0.214. The summed E-state index contributed by atoms with van der Waals surface area (Å²) in [6.07, 6.45) is 3.62. The Labute approximate surface area is 98.6 Å². The van der Waals surface area contributed by atoms with E-state index in [4.69, 9.17) is 0 Å². The van der Waals surface area contributed by atoms with E-state index in [-0.39, 0.29) is 11.5 Å². The number of sulfone groups is 1. The minimum Gasteiger partial charge on any atom is -0.229 e. The van der Waals surface area contributed by atoms with Crippen LogP contribution in [0.1, 0.15) is 32.6 Å². The van der Waals surface area contributed by atoms with Crippen LogP contribution in [0.15, 0.2) is 0 Å². The van der Waals surface area contributed by atoms with Gasteiger partial charge >= 0.3 is 0 Å². The quantitative estimate of drug-likeness (QED) is 0.620. The zero-order chi connectivity index (χ0) is 12.7. The van der Waals surface area contributed by atoms with E-state index >= 15 is 0 Å². The van der Waals surface area contributed by atoms with Gasteiger partial charge in [0, 0.05) is 18.6 Å². The van der Waals surface area contributed by atoms with Gasteiger partial charge < -0.3 is 0 Å². The molecule has 0 aromatic heterocycles. The fourth-order valence-electron chi connectivity index (χ4n) is 1.16. The van der Waals surface area contributed by atoms with Crippen LogP contribution in [0.3, 0.4) is 0 Å². The van der Waals surface area contributed by atoms with E-state index in [0.29, 0.717) is 25.8 Å². The molecule has 0 aromatic carbocycles. The molecule has 0 radical (unpaired) electrons. The molecule has 0 bridgehead atoms. The highest BCUT2D eigenvalue weighted by atomic mass is 32.2. The molecule has 16 heavy (non-hydrogen) atoms. The van der Waals surface area contributed by atoms with Gasteiger partial charge in [0.25, 0.3) is 0 Å². The summed E-state index contributed by atoms with van der Waals surface area (Å²) in [7, 11) is -6.08. The zero-order valence-corrected chi connectivity index (χ0v) is 11.5.